The number of hydrogen-bond donors (Lipinski definition) is 4. The van der Waals surface area contributed by atoms with E-state index >= 15 is 0 Å². The van der Waals surface area contributed by atoms with Crippen molar-refractivity contribution in [2.75, 3.05) is 65.6 Å². The molecule has 14 heteroatoms. The van der Waals surface area contributed by atoms with E-state index in [2.05, 4.69) is 43.9 Å². The van der Waals surface area contributed by atoms with Gasteiger partial charge in [0.15, 0.2) is 13.2 Å². The van der Waals surface area contributed by atoms with Gasteiger partial charge >= 0.3 is 24.0 Å². The van der Waals surface area contributed by atoms with Crippen LogP contribution in [0.15, 0.2) is 24.8 Å². The van der Waals surface area contributed by atoms with Crippen molar-refractivity contribution in [2.45, 2.75) is 6.92 Å². The van der Waals surface area contributed by atoms with Gasteiger partial charge in [-0.3, -0.25) is 9.59 Å². The van der Waals surface area contributed by atoms with Crippen LogP contribution in [-0.4, -0.2) is 111 Å². The third kappa shape index (κ3) is 12.1. The number of ether oxygens (including phenoxy) is 2. The van der Waals surface area contributed by atoms with Crippen molar-refractivity contribution in [3.8, 4) is 0 Å². The smallest absolute Gasteiger partial charge is 0.333 e. The average Bonchev–Trinajstić information content (AvgIpc) is 3.43. The van der Waals surface area contributed by atoms with Gasteiger partial charge in [0.25, 0.3) is 11.8 Å². The van der Waals surface area contributed by atoms with Gasteiger partial charge in [-0.05, 0) is 6.92 Å². The normalized spacial score (nSPS) is 14.1. The van der Waals surface area contributed by atoms with E-state index in [1.54, 1.807) is 9.80 Å². The number of nitrogens with zero attached hydrogens (tertiary/aromatic N) is 2. The Kier molecular flexibility index (Phi) is 13.0. The Balaban J connectivity index is 0.000000351. The summed E-state index contributed by atoms with van der Waals surface area (Å²) in [6.07, 6.45) is 0.988. The van der Waals surface area contributed by atoms with Gasteiger partial charge in [-0.15, -0.1) is 0 Å². The molecule has 194 valence electrons. The quantitative estimate of drug-likeness (QED) is 0.179. The zero-order valence-corrected chi connectivity index (χ0v) is 19.7. The van der Waals surface area contributed by atoms with Crippen molar-refractivity contribution in [2.24, 2.45) is 0 Å². The maximum atomic E-state index is 11.3. The molecule has 0 aliphatic carbocycles. The van der Waals surface area contributed by atoms with Crippen LogP contribution in [0.2, 0.25) is 0 Å². The molecule has 0 aromatic heterocycles. The molecule has 6 amide bonds. The largest absolute Gasteiger partial charge is 0.452 e. The van der Waals surface area contributed by atoms with E-state index in [9.17, 15) is 28.8 Å². The van der Waals surface area contributed by atoms with Gasteiger partial charge in [0, 0.05) is 64.0 Å². The maximum absolute atomic E-state index is 11.3. The summed E-state index contributed by atoms with van der Waals surface area (Å²) in [6.45, 7) is 11.5. The van der Waals surface area contributed by atoms with Crippen LogP contribution in [-0.2, 0) is 28.7 Å². The molecule has 0 radical (unpaired) electrons. The van der Waals surface area contributed by atoms with E-state index in [1.165, 1.54) is 6.92 Å². The van der Waals surface area contributed by atoms with Gasteiger partial charge in [0.1, 0.15) is 0 Å². The van der Waals surface area contributed by atoms with Crippen LogP contribution >= 0.6 is 0 Å². The lowest BCUT2D eigenvalue weighted by Gasteiger charge is -2.14. The van der Waals surface area contributed by atoms with Crippen LogP contribution < -0.4 is 21.3 Å². The predicted molar refractivity (Wildman–Crippen MR) is 123 cm³/mol. The van der Waals surface area contributed by atoms with Gasteiger partial charge < -0.3 is 40.5 Å². The molecular weight excluding hydrogens is 464 g/mol. The van der Waals surface area contributed by atoms with Gasteiger partial charge in [0.05, 0.1) is 0 Å². The van der Waals surface area contributed by atoms with Crippen molar-refractivity contribution in [3.63, 3.8) is 0 Å². The first-order valence-electron chi connectivity index (χ1n) is 10.8. The van der Waals surface area contributed by atoms with Crippen LogP contribution in [0.1, 0.15) is 6.92 Å². The minimum absolute atomic E-state index is 0.127. The third-order valence-corrected chi connectivity index (χ3v) is 4.49. The SMILES string of the molecule is C=C(C)C(=O)OCC(=O)NCCN1CCNC1=O.C=CC(=O)OCC(=O)NCCN1CCNC1=O. The Labute approximate surface area is 203 Å². The lowest BCUT2D eigenvalue weighted by Crippen LogP contribution is -2.38. The molecule has 2 fully saturated rings. The van der Waals surface area contributed by atoms with Crippen LogP contribution in [0.25, 0.3) is 0 Å². The topological polar surface area (TPSA) is 175 Å². The number of carbonyl (C=O) groups excluding carboxylic acids is 6. The Morgan fingerprint density at radius 2 is 1.37 bits per heavy atom. The van der Waals surface area contributed by atoms with E-state index in [1.807, 2.05) is 0 Å². The first-order chi connectivity index (χ1) is 16.6. The van der Waals surface area contributed by atoms with Crippen LogP contribution in [0.5, 0.6) is 0 Å². The van der Waals surface area contributed by atoms with E-state index in [0.29, 0.717) is 52.4 Å². The molecule has 2 saturated heterocycles. The average molecular weight is 497 g/mol. The molecule has 0 atom stereocenters. The number of hydrogen-bond acceptors (Lipinski definition) is 8. The van der Waals surface area contributed by atoms with Gasteiger partial charge in [0.2, 0.25) is 0 Å². The summed E-state index contributed by atoms with van der Waals surface area (Å²) in [5, 5.41) is 10.4. The Morgan fingerprint density at radius 1 is 0.914 bits per heavy atom. The summed E-state index contributed by atoms with van der Waals surface area (Å²) < 4.78 is 9.20. The van der Waals surface area contributed by atoms with Crippen molar-refractivity contribution in [3.05, 3.63) is 24.8 Å². The third-order valence-electron chi connectivity index (χ3n) is 4.49. The number of amides is 6. The first-order valence-corrected chi connectivity index (χ1v) is 10.8. The summed E-state index contributed by atoms with van der Waals surface area (Å²) in [5.74, 6) is -2.04. The molecule has 0 aromatic rings. The van der Waals surface area contributed by atoms with E-state index in [-0.39, 0.29) is 30.8 Å². The molecular formula is C21H32N6O8. The summed E-state index contributed by atoms with van der Waals surface area (Å²) in [6, 6.07) is -0.254. The molecule has 0 spiro atoms. The van der Waals surface area contributed by atoms with E-state index in [0.717, 1.165) is 6.08 Å². The highest BCUT2D eigenvalue weighted by Gasteiger charge is 2.19. The fourth-order valence-electron chi connectivity index (χ4n) is 2.66. The summed E-state index contributed by atoms with van der Waals surface area (Å²) >= 11 is 0. The van der Waals surface area contributed by atoms with Crippen LogP contribution in [0, 0.1) is 0 Å². The lowest BCUT2D eigenvalue weighted by atomic mass is 10.4. The fourth-order valence-corrected chi connectivity index (χ4v) is 2.66. The lowest BCUT2D eigenvalue weighted by molar-refractivity contribution is -0.144. The zero-order chi connectivity index (χ0) is 26.2. The molecule has 0 unspecified atom stereocenters. The van der Waals surface area contributed by atoms with E-state index in [4.69, 9.17) is 0 Å². The Hall–Kier alpha value is -4.10. The highest BCUT2D eigenvalue weighted by Crippen LogP contribution is 1.95. The number of rotatable bonds is 12. The summed E-state index contributed by atoms with van der Waals surface area (Å²) in [5.41, 5.74) is 0.247. The molecule has 2 rings (SSSR count). The minimum Gasteiger partial charge on any atom is -0.452 e. The number of nitrogens with one attached hydrogen (secondary N) is 4. The Bertz CT molecular complexity index is 831. The first kappa shape index (κ1) is 28.9. The van der Waals surface area contributed by atoms with Crippen molar-refractivity contribution < 1.29 is 38.2 Å². The van der Waals surface area contributed by atoms with E-state index < -0.39 is 23.8 Å². The molecule has 0 saturated carbocycles. The molecule has 4 N–H and O–H groups in total. The molecule has 0 aromatic carbocycles. The standard InChI is InChI=1S/C11H17N3O4.C10H15N3O4/c1-8(2)10(16)18-7-9(15)12-3-5-14-6-4-13-11(14)17;1-2-9(15)17-7-8(14)11-3-5-13-6-4-12-10(13)16/h1,3-7H2,2H3,(H,12,15)(H,13,17);2H,1,3-7H2,(H,11,14)(H,12,16). The number of urea groups is 2. The molecule has 14 nitrogen and oxygen atoms in total. The predicted octanol–water partition coefficient (Wildman–Crippen LogP) is -1.90. The van der Waals surface area contributed by atoms with Gasteiger partial charge in [-0.25, -0.2) is 19.2 Å². The highest BCUT2D eigenvalue weighted by molar-refractivity contribution is 5.89. The summed E-state index contributed by atoms with van der Waals surface area (Å²) in [4.78, 5) is 69.6. The van der Waals surface area contributed by atoms with Gasteiger partial charge in [-0.2, -0.15) is 0 Å². The Morgan fingerprint density at radius 3 is 1.74 bits per heavy atom. The molecule has 0 bridgehead atoms. The summed E-state index contributed by atoms with van der Waals surface area (Å²) in [7, 11) is 0. The van der Waals surface area contributed by atoms with Crippen molar-refractivity contribution in [1.29, 1.82) is 0 Å². The maximum Gasteiger partial charge on any atom is 0.333 e. The fraction of sp³-hybridized carbons (Fsp3) is 0.524. The van der Waals surface area contributed by atoms with Crippen LogP contribution in [0.3, 0.4) is 0 Å². The highest BCUT2D eigenvalue weighted by atomic mass is 16.5. The second-order valence-corrected chi connectivity index (χ2v) is 7.31. The molecule has 2 aliphatic heterocycles. The second-order valence-electron chi connectivity index (χ2n) is 7.31. The molecule has 35 heavy (non-hydrogen) atoms. The van der Waals surface area contributed by atoms with Crippen molar-refractivity contribution in [1.82, 2.24) is 31.1 Å². The molecule has 2 aliphatic rings. The number of esters is 2. The van der Waals surface area contributed by atoms with Gasteiger partial charge in [-0.1, -0.05) is 13.2 Å². The number of carbonyl (C=O) groups is 6. The van der Waals surface area contributed by atoms with Crippen molar-refractivity contribution >= 4 is 35.8 Å². The zero-order valence-electron chi connectivity index (χ0n) is 19.7. The second kappa shape index (κ2) is 15.7. The molecule has 2 heterocycles. The minimum atomic E-state index is -0.640. The van der Waals surface area contributed by atoms with Crippen LogP contribution in [0.4, 0.5) is 9.59 Å². The monoisotopic (exact) mass is 496 g/mol.